The smallest absolute Gasteiger partial charge is 0.0916 e. The lowest BCUT2D eigenvalue weighted by molar-refractivity contribution is -0.867. The summed E-state index contributed by atoms with van der Waals surface area (Å²) in [6, 6.07) is 0. The van der Waals surface area contributed by atoms with Crippen LogP contribution in [0.2, 0.25) is 0 Å². The highest BCUT2D eigenvalue weighted by molar-refractivity contribution is 7.84. The lowest BCUT2D eigenvalue weighted by atomic mass is 10.0. The van der Waals surface area contributed by atoms with E-state index in [1.54, 1.807) is 4.90 Å². The Morgan fingerprint density at radius 3 is 2.33 bits per heavy atom. The molecule has 1 fully saturated rings. The fourth-order valence-electron chi connectivity index (χ4n) is 1.89. The van der Waals surface area contributed by atoms with Crippen LogP contribution in [0.15, 0.2) is 0 Å². The summed E-state index contributed by atoms with van der Waals surface area (Å²) in [5.41, 5.74) is 0. The van der Waals surface area contributed by atoms with Gasteiger partial charge in [0.1, 0.15) is 0 Å². The molecule has 15 heavy (non-hydrogen) atoms. The van der Waals surface area contributed by atoms with Crippen LogP contribution in [0.1, 0.15) is 32.6 Å². The molecule has 1 aliphatic heterocycles. The summed E-state index contributed by atoms with van der Waals surface area (Å²) in [6.07, 6.45) is 6.38. The van der Waals surface area contributed by atoms with Crippen molar-refractivity contribution in [1.82, 2.24) is 0 Å². The lowest BCUT2D eigenvalue weighted by Crippen LogP contribution is -3.07. The van der Waals surface area contributed by atoms with E-state index in [0.29, 0.717) is 6.26 Å². The van der Waals surface area contributed by atoms with Crippen LogP contribution in [0.5, 0.6) is 0 Å². The average molecular weight is 237 g/mol. The van der Waals surface area contributed by atoms with Gasteiger partial charge in [0, 0.05) is 18.6 Å². The van der Waals surface area contributed by atoms with Crippen molar-refractivity contribution < 1.29 is 17.9 Å². The Morgan fingerprint density at radius 1 is 1.47 bits per heavy atom. The number of likely N-dealkylation sites (tertiary alicyclic amines) is 1. The van der Waals surface area contributed by atoms with Gasteiger partial charge >= 0.3 is 0 Å². The maximum Gasteiger partial charge on any atom is 0.0916 e. The Labute approximate surface area is 93.4 Å². The highest BCUT2D eigenvalue weighted by Crippen LogP contribution is 2.12. The quantitative estimate of drug-likeness (QED) is 0.696. The zero-order valence-electron chi connectivity index (χ0n) is 9.95. The SMILES string of the molecule is CCCCC1CC[NH+](C)C1.CS(=O)(=O)[O-]. The molecule has 0 bridgehead atoms. The van der Waals surface area contributed by atoms with Crippen molar-refractivity contribution in [2.45, 2.75) is 32.6 Å². The van der Waals surface area contributed by atoms with Crippen molar-refractivity contribution >= 4 is 10.1 Å². The van der Waals surface area contributed by atoms with Gasteiger partial charge in [-0.15, -0.1) is 0 Å². The predicted octanol–water partition coefficient (Wildman–Crippen LogP) is -0.127. The van der Waals surface area contributed by atoms with Gasteiger partial charge in [0.05, 0.1) is 30.3 Å². The van der Waals surface area contributed by atoms with Crippen LogP contribution in [0.25, 0.3) is 0 Å². The largest absolute Gasteiger partial charge is 0.748 e. The van der Waals surface area contributed by atoms with Crippen LogP contribution in [-0.2, 0) is 10.1 Å². The second-order valence-corrected chi connectivity index (χ2v) is 5.82. The molecule has 0 aromatic carbocycles. The first kappa shape index (κ1) is 14.9. The van der Waals surface area contributed by atoms with Gasteiger partial charge in [-0.05, 0) is 6.42 Å². The van der Waals surface area contributed by atoms with Gasteiger partial charge in [-0.2, -0.15) is 0 Å². The second-order valence-electron chi connectivity index (χ2n) is 4.41. The van der Waals surface area contributed by atoms with Crippen molar-refractivity contribution in [2.24, 2.45) is 5.92 Å². The van der Waals surface area contributed by atoms with Gasteiger partial charge in [0.15, 0.2) is 0 Å². The van der Waals surface area contributed by atoms with E-state index in [4.69, 9.17) is 13.0 Å². The van der Waals surface area contributed by atoms with E-state index in [1.807, 2.05) is 0 Å². The molecule has 0 amide bonds. The highest BCUT2D eigenvalue weighted by Gasteiger charge is 2.21. The van der Waals surface area contributed by atoms with Crippen molar-refractivity contribution in [1.29, 1.82) is 0 Å². The molecule has 0 radical (unpaired) electrons. The first-order chi connectivity index (χ1) is 6.83. The van der Waals surface area contributed by atoms with Crippen LogP contribution in [0.4, 0.5) is 0 Å². The fourth-order valence-corrected chi connectivity index (χ4v) is 1.89. The van der Waals surface area contributed by atoms with E-state index in [1.165, 1.54) is 38.8 Å². The maximum absolute atomic E-state index is 9.08. The summed E-state index contributed by atoms with van der Waals surface area (Å²) in [4.78, 5) is 1.74. The Bertz CT molecular complexity index is 243. The molecule has 1 heterocycles. The van der Waals surface area contributed by atoms with E-state index in [0.717, 1.165) is 5.92 Å². The summed E-state index contributed by atoms with van der Waals surface area (Å²) in [5.74, 6) is 1.06. The zero-order valence-corrected chi connectivity index (χ0v) is 10.8. The molecule has 1 aliphatic rings. The van der Waals surface area contributed by atoms with Crippen LogP contribution in [0.3, 0.4) is 0 Å². The zero-order chi connectivity index (χ0) is 11.9. The molecule has 1 saturated heterocycles. The second kappa shape index (κ2) is 7.19. The van der Waals surface area contributed by atoms with Crippen molar-refractivity contribution in [3.8, 4) is 0 Å². The first-order valence-corrected chi connectivity index (χ1v) is 7.36. The molecule has 0 spiro atoms. The normalized spacial score (nSPS) is 25.9. The minimum absolute atomic E-state index is 0.604. The van der Waals surface area contributed by atoms with Gasteiger partial charge in [-0.3, -0.25) is 0 Å². The summed E-state index contributed by atoms with van der Waals surface area (Å²) >= 11 is 0. The third kappa shape index (κ3) is 11.8. The van der Waals surface area contributed by atoms with E-state index in [2.05, 4.69) is 14.0 Å². The maximum atomic E-state index is 9.08. The summed E-state index contributed by atoms with van der Waals surface area (Å²) in [7, 11) is -1.61. The van der Waals surface area contributed by atoms with Gasteiger partial charge < -0.3 is 9.45 Å². The van der Waals surface area contributed by atoms with Crippen molar-refractivity contribution in [3.63, 3.8) is 0 Å². The average Bonchev–Trinajstić information content (AvgIpc) is 2.45. The topological polar surface area (TPSA) is 61.6 Å². The molecule has 5 heteroatoms. The van der Waals surface area contributed by atoms with Gasteiger partial charge in [0.2, 0.25) is 0 Å². The molecule has 1 rings (SSSR count). The summed E-state index contributed by atoms with van der Waals surface area (Å²) in [6.45, 7) is 5.12. The van der Waals surface area contributed by atoms with Gasteiger partial charge in [0.25, 0.3) is 0 Å². The Morgan fingerprint density at radius 2 is 2.00 bits per heavy atom. The first-order valence-electron chi connectivity index (χ1n) is 5.55. The monoisotopic (exact) mass is 237 g/mol. The van der Waals surface area contributed by atoms with E-state index < -0.39 is 10.1 Å². The molecule has 0 aliphatic carbocycles. The molecule has 1 N–H and O–H groups in total. The molecule has 92 valence electrons. The predicted molar refractivity (Wildman–Crippen MR) is 59.9 cm³/mol. The number of hydrogen-bond acceptors (Lipinski definition) is 3. The minimum Gasteiger partial charge on any atom is -0.748 e. The summed E-state index contributed by atoms with van der Waals surface area (Å²) in [5, 5.41) is 0. The van der Waals surface area contributed by atoms with Crippen molar-refractivity contribution in [2.75, 3.05) is 26.4 Å². The van der Waals surface area contributed by atoms with Gasteiger partial charge in [-0.25, -0.2) is 8.42 Å². The number of rotatable bonds is 3. The van der Waals surface area contributed by atoms with Crippen molar-refractivity contribution in [3.05, 3.63) is 0 Å². The highest BCUT2D eigenvalue weighted by atomic mass is 32.2. The molecule has 2 unspecified atom stereocenters. The standard InChI is InChI=1S/C9H19N.CH4O3S/c1-3-4-5-9-6-7-10(2)8-9;1-5(2,3)4/h9H,3-8H2,1-2H3;1H3,(H,2,3,4). The van der Waals surface area contributed by atoms with E-state index >= 15 is 0 Å². The molecular formula is C10H23NO3S. The molecule has 0 aromatic rings. The minimum atomic E-state index is -3.92. The van der Waals surface area contributed by atoms with Crippen LogP contribution in [0, 0.1) is 5.92 Å². The molecule has 2 atom stereocenters. The Hall–Kier alpha value is -0.130. The lowest BCUT2D eigenvalue weighted by Gasteiger charge is -2.05. The number of quaternary nitrogens is 1. The number of nitrogens with one attached hydrogen (secondary N) is 1. The fraction of sp³-hybridized carbons (Fsp3) is 1.00. The number of unbranched alkanes of at least 4 members (excludes halogenated alkanes) is 1. The molecule has 4 nitrogen and oxygen atoms in total. The van der Waals surface area contributed by atoms with E-state index in [-0.39, 0.29) is 0 Å². The van der Waals surface area contributed by atoms with Crippen LogP contribution < -0.4 is 4.90 Å². The molecular weight excluding hydrogens is 214 g/mol. The van der Waals surface area contributed by atoms with Gasteiger partial charge in [-0.1, -0.05) is 19.8 Å². The summed E-state index contributed by atoms with van der Waals surface area (Å²) < 4.78 is 27.2. The number of hydrogen-bond donors (Lipinski definition) is 1. The third-order valence-electron chi connectivity index (χ3n) is 2.58. The Balaban J connectivity index is 0.000000336. The van der Waals surface area contributed by atoms with Crippen LogP contribution in [-0.4, -0.2) is 39.4 Å². The molecule has 0 aromatic heterocycles. The third-order valence-corrected chi connectivity index (χ3v) is 2.58. The van der Waals surface area contributed by atoms with E-state index in [9.17, 15) is 0 Å². The molecule has 0 saturated carbocycles. The Kier molecular flexibility index (Phi) is 7.13. The van der Waals surface area contributed by atoms with Crippen LogP contribution >= 0.6 is 0 Å².